The second-order valence-corrected chi connectivity index (χ2v) is 3.77. The molecule has 1 aromatic heterocycles. The van der Waals surface area contributed by atoms with Crippen LogP contribution in [0.25, 0.3) is 0 Å². The van der Waals surface area contributed by atoms with Gasteiger partial charge in [0, 0.05) is 0 Å². The fraction of sp³-hybridized carbons (Fsp3) is 0.250. The van der Waals surface area contributed by atoms with Crippen molar-refractivity contribution in [3.05, 3.63) is 32.0 Å². The molecule has 9 heteroatoms. The minimum Gasteiger partial charge on any atom is -0.481 e. The maximum atomic E-state index is 12.6. The van der Waals surface area contributed by atoms with E-state index in [0.29, 0.717) is 0 Å². The standard InChI is InChI=1S/C8H5BrF2N2O4/c9-5-1-3(8(10)11)7(13(16)17)4(12-5)2-6(14)15/h1,8H,2H2,(H,14,15). The van der Waals surface area contributed by atoms with Crippen molar-refractivity contribution in [3.8, 4) is 0 Å². The molecule has 0 bridgehead atoms. The van der Waals surface area contributed by atoms with Crippen molar-refractivity contribution >= 4 is 27.6 Å². The topological polar surface area (TPSA) is 93.3 Å². The van der Waals surface area contributed by atoms with Gasteiger partial charge in [-0.3, -0.25) is 14.9 Å². The fourth-order valence-corrected chi connectivity index (χ4v) is 1.68. The van der Waals surface area contributed by atoms with Gasteiger partial charge in [0.25, 0.3) is 12.1 Å². The molecule has 0 saturated carbocycles. The summed E-state index contributed by atoms with van der Waals surface area (Å²) in [6.07, 6.45) is -3.88. The first kappa shape index (κ1) is 13.4. The zero-order valence-electron chi connectivity index (χ0n) is 8.06. The lowest BCUT2D eigenvalue weighted by atomic mass is 10.1. The number of alkyl halides is 2. The molecule has 0 fully saturated rings. The van der Waals surface area contributed by atoms with Gasteiger partial charge < -0.3 is 5.11 Å². The van der Waals surface area contributed by atoms with Crippen molar-refractivity contribution in [1.29, 1.82) is 0 Å². The summed E-state index contributed by atoms with van der Waals surface area (Å²) in [6, 6.07) is 0.800. The Morgan fingerprint density at radius 2 is 2.24 bits per heavy atom. The van der Waals surface area contributed by atoms with Crippen LogP contribution in [0, 0.1) is 10.1 Å². The first-order valence-corrected chi connectivity index (χ1v) is 4.96. The average Bonchev–Trinajstić information content (AvgIpc) is 2.14. The summed E-state index contributed by atoms with van der Waals surface area (Å²) in [5, 5.41) is 19.2. The lowest BCUT2D eigenvalue weighted by molar-refractivity contribution is -0.387. The minimum absolute atomic E-state index is 0.0744. The molecular formula is C8H5BrF2N2O4. The van der Waals surface area contributed by atoms with Crippen molar-refractivity contribution < 1.29 is 23.6 Å². The number of hydrogen-bond donors (Lipinski definition) is 1. The van der Waals surface area contributed by atoms with Gasteiger partial charge >= 0.3 is 5.97 Å². The van der Waals surface area contributed by atoms with Crippen molar-refractivity contribution in [2.45, 2.75) is 12.8 Å². The SMILES string of the molecule is O=C(O)Cc1nc(Br)cc(C(F)F)c1[N+](=O)[O-]. The highest BCUT2D eigenvalue weighted by Gasteiger charge is 2.28. The minimum atomic E-state index is -3.08. The van der Waals surface area contributed by atoms with Crippen LogP contribution in [0.1, 0.15) is 17.7 Å². The molecule has 0 aliphatic rings. The Morgan fingerprint density at radius 1 is 1.65 bits per heavy atom. The van der Waals surface area contributed by atoms with Crippen molar-refractivity contribution in [3.63, 3.8) is 0 Å². The van der Waals surface area contributed by atoms with Crippen LogP contribution in [0.3, 0.4) is 0 Å². The first-order chi connectivity index (χ1) is 7.82. The highest BCUT2D eigenvalue weighted by atomic mass is 79.9. The van der Waals surface area contributed by atoms with E-state index < -0.39 is 40.7 Å². The predicted molar refractivity (Wildman–Crippen MR) is 54.9 cm³/mol. The molecule has 1 aromatic rings. The van der Waals surface area contributed by atoms with E-state index in [1.165, 1.54) is 0 Å². The van der Waals surface area contributed by atoms with Gasteiger partial charge in [0.15, 0.2) is 0 Å². The van der Waals surface area contributed by atoms with Gasteiger partial charge in [0.05, 0.1) is 11.3 Å². The Labute approximate surface area is 102 Å². The molecule has 92 valence electrons. The molecule has 0 aliphatic heterocycles. The van der Waals surface area contributed by atoms with Crippen LogP contribution in [0.4, 0.5) is 14.5 Å². The highest BCUT2D eigenvalue weighted by Crippen LogP contribution is 2.33. The van der Waals surface area contributed by atoms with Crippen LogP contribution >= 0.6 is 15.9 Å². The van der Waals surface area contributed by atoms with Crippen molar-refractivity contribution in [1.82, 2.24) is 4.98 Å². The number of carboxylic acid groups (broad SMARTS) is 1. The third kappa shape index (κ3) is 3.16. The highest BCUT2D eigenvalue weighted by molar-refractivity contribution is 9.10. The molecule has 0 spiro atoms. The summed E-state index contributed by atoms with van der Waals surface area (Å²) in [7, 11) is 0. The van der Waals surface area contributed by atoms with Gasteiger partial charge in [0.2, 0.25) is 0 Å². The molecule has 0 amide bonds. The van der Waals surface area contributed by atoms with Gasteiger partial charge in [-0.05, 0) is 22.0 Å². The number of aliphatic carboxylic acids is 1. The number of nitro groups is 1. The fourth-order valence-electron chi connectivity index (χ4n) is 1.22. The molecule has 1 N–H and O–H groups in total. The molecule has 0 atom stereocenters. The van der Waals surface area contributed by atoms with Gasteiger partial charge in [0.1, 0.15) is 15.9 Å². The number of rotatable bonds is 4. The molecule has 1 heterocycles. The predicted octanol–water partition coefficient (Wildman–Crippen LogP) is 2.32. The monoisotopic (exact) mass is 310 g/mol. The van der Waals surface area contributed by atoms with Crippen LogP contribution in [0.2, 0.25) is 0 Å². The van der Waals surface area contributed by atoms with Crippen molar-refractivity contribution in [2.75, 3.05) is 0 Å². The van der Waals surface area contributed by atoms with E-state index in [1.807, 2.05) is 0 Å². The normalized spacial score (nSPS) is 10.6. The van der Waals surface area contributed by atoms with Gasteiger partial charge in [-0.1, -0.05) is 0 Å². The van der Waals surface area contributed by atoms with Crippen LogP contribution in [0.5, 0.6) is 0 Å². The summed E-state index contributed by atoms with van der Waals surface area (Å²) in [4.78, 5) is 23.6. The van der Waals surface area contributed by atoms with Gasteiger partial charge in [-0.2, -0.15) is 0 Å². The van der Waals surface area contributed by atoms with E-state index in [1.54, 1.807) is 0 Å². The molecule has 0 radical (unpaired) electrons. The van der Waals surface area contributed by atoms with E-state index >= 15 is 0 Å². The molecule has 17 heavy (non-hydrogen) atoms. The number of nitrogens with zero attached hydrogens (tertiary/aromatic N) is 2. The number of carbonyl (C=O) groups is 1. The summed E-state index contributed by atoms with van der Waals surface area (Å²) < 4.78 is 25.1. The van der Waals surface area contributed by atoms with Gasteiger partial charge in [-0.25, -0.2) is 13.8 Å². The third-order valence-electron chi connectivity index (χ3n) is 1.80. The van der Waals surface area contributed by atoms with E-state index in [9.17, 15) is 23.7 Å². The largest absolute Gasteiger partial charge is 0.481 e. The summed E-state index contributed by atoms with van der Waals surface area (Å²) in [5.74, 6) is -1.39. The lowest BCUT2D eigenvalue weighted by Gasteiger charge is -2.06. The van der Waals surface area contributed by atoms with E-state index in [-0.39, 0.29) is 4.60 Å². The average molecular weight is 311 g/mol. The number of carboxylic acids is 1. The van der Waals surface area contributed by atoms with E-state index in [4.69, 9.17) is 5.11 Å². The van der Waals surface area contributed by atoms with Gasteiger partial charge in [-0.15, -0.1) is 0 Å². The van der Waals surface area contributed by atoms with E-state index in [0.717, 1.165) is 6.07 Å². The van der Waals surface area contributed by atoms with Crippen molar-refractivity contribution in [2.24, 2.45) is 0 Å². The molecule has 0 saturated heterocycles. The third-order valence-corrected chi connectivity index (χ3v) is 2.21. The zero-order valence-corrected chi connectivity index (χ0v) is 9.65. The lowest BCUT2D eigenvalue weighted by Crippen LogP contribution is -2.09. The quantitative estimate of drug-likeness (QED) is 0.523. The zero-order chi connectivity index (χ0) is 13.2. The Balaban J connectivity index is 3.45. The Bertz CT molecular complexity index is 481. The van der Waals surface area contributed by atoms with Crippen LogP contribution in [0.15, 0.2) is 10.7 Å². The second kappa shape index (κ2) is 5.13. The Hall–Kier alpha value is -1.64. The number of hydrogen-bond acceptors (Lipinski definition) is 4. The molecule has 6 nitrogen and oxygen atoms in total. The first-order valence-electron chi connectivity index (χ1n) is 4.16. The molecular weight excluding hydrogens is 306 g/mol. The maximum absolute atomic E-state index is 12.6. The van der Waals surface area contributed by atoms with E-state index in [2.05, 4.69) is 20.9 Å². The number of halogens is 3. The van der Waals surface area contributed by atoms with Crippen LogP contribution < -0.4 is 0 Å². The molecule has 1 rings (SSSR count). The summed E-state index contributed by atoms with van der Waals surface area (Å²) >= 11 is 2.79. The molecule has 0 aliphatic carbocycles. The smallest absolute Gasteiger partial charge is 0.309 e. The summed E-state index contributed by atoms with van der Waals surface area (Å²) in [6.45, 7) is 0. The maximum Gasteiger partial charge on any atom is 0.309 e. The number of pyridine rings is 1. The molecule has 0 unspecified atom stereocenters. The Morgan fingerprint density at radius 3 is 2.65 bits per heavy atom. The van der Waals surface area contributed by atoms with Crippen LogP contribution in [-0.2, 0) is 11.2 Å². The number of aromatic nitrogens is 1. The summed E-state index contributed by atoms with van der Waals surface area (Å²) in [5.41, 5.74) is -2.31. The molecule has 0 aromatic carbocycles. The van der Waals surface area contributed by atoms with Crippen LogP contribution in [-0.4, -0.2) is 21.0 Å². The Kier molecular flexibility index (Phi) is 4.05. The second-order valence-electron chi connectivity index (χ2n) is 2.96.